The van der Waals surface area contributed by atoms with Crippen LogP contribution in [-0.4, -0.2) is 36.4 Å². The van der Waals surface area contributed by atoms with E-state index in [0.717, 1.165) is 32.0 Å². The van der Waals surface area contributed by atoms with Gasteiger partial charge in [0.05, 0.1) is 16.5 Å². The molecule has 0 radical (unpaired) electrons. The first kappa shape index (κ1) is 18.8. The van der Waals surface area contributed by atoms with Crippen molar-refractivity contribution in [1.82, 2.24) is 9.29 Å². The van der Waals surface area contributed by atoms with E-state index >= 15 is 0 Å². The Kier molecular flexibility index (Phi) is 5.01. The van der Waals surface area contributed by atoms with Crippen molar-refractivity contribution in [3.63, 3.8) is 0 Å². The molecule has 8 heteroatoms. The van der Waals surface area contributed by atoms with Gasteiger partial charge in [-0.25, -0.2) is 13.4 Å². The number of carbonyl (C=O) groups is 1. The fraction of sp³-hybridized carbons (Fsp3) is 0.200. The van der Waals surface area contributed by atoms with Crippen molar-refractivity contribution in [2.45, 2.75) is 13.0 Å². The number of nitrogens with zero attached hydrogens (tertiary/aromatic N) is 2. The predicted molar refractivity (Wildman–Crippen MR) is 113 cm³/mol. The Morgan fingerprint density at radius 3 is 2.82 bits per heavy atom. The van der Waals surface area contributed by atoms with E-state index in [0.29, 0.717) is 19.5 Å². The third-order valence-electron chi connectivity index (χ3n) is 4.65. The second kappa shape index (κ2) is 7.46. The third kappa shape index (κ3) is 3.99. The van der Waals surface area contributed by atoms with Crippen LogP contribution >= 0.6 is 11.3 Å². The van der Waals surface area contributed by atoms with E-state index in [2.05, 4.69) is 10.3 Å². The number of hydrogen-bond acceptors (Lipinski definition) is 5. The van der Waals surface area contributed by atoms with Gasteiger partial charge in [-0.2, -0.15) is 4.31 Å². The number of aromatic nitrogens is 1. The minimum atomic E-state index is -3.23. The molecule has 1 aliphatic heterocycles. The first-order valence-corrected chi connectivity index (χ1v) is 11.5. The van der Waals surface area contributed by atoms with Crippen LogP contribution in [0.5, 0.6) is 0 Å². The maximum Gasteiger partial charge on any atom is 0.248 e. The first-order chi connectivity index (χ1) is 13.4. The fourth-order valence-corrected chi connectivity index (χ4v) is 4.93. The zero-order valence-electron chi connectivity index (χ0n) is 15.3. The van der Waals surface area contributed by atoms with E-state index < -0.39 is 10.0 Å². The summed E-state index contributed by atoms with van der Waals surface area (Å²) in [5.74, 6) is -0.238. The molecule has 28 heavy (non-hydrogen) atoms. The fourth-order valence-electron chi connectivity index (χ4n) is 3.27. The third-order valence-corrected chi connectivity index (χ3v) is 6.90. The Hall–Kier alpha value is -2.55. The monoisotopic (exact) mass is 413 g/mol. The molecule has 4 rings (SSSR count). The van der Waals surface area contributed by atoms with Gasteiger partial charge < -0.3 is 5.32 Å². The maximum absolute atomic E-state index is 12.4. The minimum Gasteiger partial charge on any atom is -0.322 e. The van der Waals surface area contributed by atoms with Crippen molar-refractivity contribution < 1.29 is 13.2 Å². The summed E-state index contributed by atoms with van der Waals surface area (Å²) in [5, 5.41) is 3.68. The van der Waals surface area contributed by atoms with Crippen molar-refractivity contribution in [3.8, 4) is 0 Å². The lowest BCUT2D eigenvalue weighted by atomic mass is 9.99. The quantitative estimate of drug-likeness (QED) is 0.666. The highest BCUT2D eigenvalue weighted by Crippen LogP contribution is 2.27. The molecule has 0 saturated heterocycles. The van der Waals surface area contributed by atoms with Crippen LogP contribution in [-0.2, 0) is 27.8 Å². The number of sulfonamides is 1. The number of hydrogen-bond donors (Lipinski definition) is 1. The normalized spacial score (nSPS) is 15.0. The van der Waals surface area contributed by atoms with Crippen LogP contribution in [0.4, 0.5) is 5.69 Å². The number of fused-ring (bicyclic) bond motifs is 2. The summed E-state index contributed by atoms with van der Waals surface area (Å²) in [6, 6.07) is 13.4. The smallest absolute Gasteiger partial charge is 0.248 e. The molecular formula is C20H19N3O3S2. The molecule has 0 fully saturated rings. The molecule has 0 bridgehead atoms. The number of nitrogens with one attached hydrogen (secondary N) is 1. The number of benzene rings is 2. The number of thiazole rings is 1. The molecule has 0 saturated carbocycles. The van der Waals surface area contributed by atoms with Gasteiger partial charge in [0, 0.05) is 24.9 Å². The zero-order chi connectivity index (χ0) is 19.7. The number of rotatable bonds is 4. The molecule has 2 heterocycles. The van der Waals surface area contributed by atoms with Gasteiger partial charge in [0.1, 0.15) is 5.01 Å². The summed E-state index contributed by atoms with van der Waals surface area (Å²) in [6.45, 7) is 0.750. The van der Waals surface area contributed by atoms with Gasteiger partial charge in [-0.1, -0.05) is 24.3 Å². The Morgan fingerprint density at radius 2 is 2.04 bits per heavy atom. The second-order valence-electron chi connectivity index (χ2n) is 6.63. The summed E-state index contributed by atoms with van der Waals surface area (Å²) >= 11 is 1.53. The van der Waals surface area contributed by atoms with Crippen LogP contribution < -0.4 is 5.32 Å². The molecule has 1 aliphatic rings. The molecular weight excluding hydrogens is 394 g/mol. The summed E-state index contributed by atoms with van der Waals surface area (Å²) in [5.41, 5.74) is 3.55. The van der Waals surface area contributed by atoms with Gasteiger partial charge in [-0.05, 0) is 41.8 Å². The number of carbonyl (C=O) groups excluding carboxylic acids is 1. The number of para-hydroxylation sites is 1. The molecule has 3 aromatic rings. The van der Waals surface area contributed by atoms with E-state index in [1.165, 1.54) is 28.0 Å². The number of anilines is 1. The first-order valence-electron chi connectivity index (χ1n) is 8.81. The lowest BCUT2D eigenvalue weighted by Crippen LogP contribution is -2.35. The highest BCUT2D eigenvalue weighted by atomic mass is 32.2. The van der Waals surface area contributed by atoms with Crippen LogP contribution in [0.25, 0.3) is 16.3 Å². The summed E-state index contributed by atoms with van der Waals surface area (Å²) in [4.78, 5) is 16.9. The van der Waals surface area contributed by atoms with Crippen LogP contribution in [0.1, 0.15) is 16.1 Å². The molecule has 144 valence electrons. The van der Waals surface area contributed by atoms with Crippen molar-refractivity contribution >= 4 is 49.2 Å². The molecule has 0 atom stereocenters. The summed E-state index contributed by atoms with van der Waals surface area (Å²) in [6.07, 6.45) is 4.97. The van der Waals surface area contributed by atoms with E-state index in [1.807, 2.05) is 42.5 Å². The second-order valence-corrected chi connectivity index (χ2v) is 9.68. The Labute approximate surface area is 167 Å². The predicted octanol–water partition coefficient (Wildman–Crippen LogP) is 3.27. The van der Waals surface area contributed by atoms with Crippen LogP contribution in [0.3, 0.4) is 0 Å². The maximum atomic E-state index is 12.4. The average molecular weight is 414 g/mol. The lowest BCUT2D eigenvalue weighted by Gasteiger charge is -2.28. The molecule has 1 amide bonds. The van der Waals surface area contributed by atoms with Gasteiger partial charge in [0.2, 0.25) is 15.9 Å². The van der Waals surface area contributed by atoms with Crippen LogP contribution in [0, 0.1) is 0 Å². The highest BCUT2D eigenvalue weighted by Gasteiger charge is 2.24. The molecule has 0 aliphatic carbocycles. The van der Waals surface area contributed by atoms with Crippen molar-refractivity contribution in [2.75, 3.05) is 18.1 Å². The van der Waals surface area contributed by atoms with Gasteiger partial charge in [-0.15, -0.1) is 11.3 Å². The lowest BCUT2D eigenvalue weighted by molar-refractivity contribution is -0.111. The topological polar surface area (TPSA) is 79.4 Å². The Balaban J connectivity index is 1.49. The summed E-state index contributed by atoms with van der Waals surface area (Å²) < 4.78 is 26.1. The van der Waals surface area contributed by atoms with E-state index in [1.54, 1.807) is 6.08 Å². The van der Waals surface area contributed by atoms with Gasteiger partial charge in [0.15, 0.2) is 0 Å². The molecule has 0 unspecified atom stereocenters. The molecule has 6 nitrogen and oxygen atoms in total. The Bertz CT molecular complexity index is 1150. The molecule has 0 spiro atoms. The zero-order valence-corrected chi connectivity index (χ0v) is 16.9. The highest BCUT2D eigenvalue weighted by molar-refractivity contribution is 7.88. The molecule has 2 aromatic carbocycles. The van der Waals surface area contributed by atoms with E-state index in [4.69, 9.17) is 0 Å². The SMILES string of the molecule is CS(=O)(=O)N1CCc2c(cccc2NC(=O)/C=C/c2nc3ccccc3s2)C1. The summed E-state index contributed by atoms with van der Waals surface area (Å²) in [7, 11) is -3.23. The number of amides is 1. The van der Waals surface area contributed by atoms with Crippen LogP contribution in [0.15, 0.2) is 48.5 Å². The van der Waals surface area contributed by atoms with Crippen molar-refractivity contribution in [1.29, 1.82) is 0 Å². The molecule has 1 aromatic heterocycles. The molecule has 1 N–H and O–H groups in total. The van der Waals surface area contributed by atoms with Crippen molar-refractivity contribution in [2.24, 2.45) is 0 Å². The Morgan fingerprint density at radius 1 is 1.21 bits per heavy atom. The standard InChI is InChI=1S/C20H19N3O3S2/c1-28(25,26)23-12-11-15-14(13-23)5-4-7-16(15)21-19(24)9-10-20-22-17-6-2-3-8-18(17)27-20/h2-10H,11-13H2,1H3,(H,21,24)/b10-9+. The van der Waals surface area contributed by atoms with E-state index in [9.17, 15) is 13.2 Å². The van der Waals surface area contributed by atoms with Crippen LogP contribution in [0.2, 0.25) is 0 Å². The minimum absolute atomic E-state index is 0.238. The largest absolute Gasteiger partial charge is 0.322 e. The van der Waals surface area contributed by atoms with Gasteiger partial charge >= 0.3 is 0 Å². The van der Waals surface area contributed by atoms with Gasteiger partial charge in [0.25, 0.3) is 0 Å². The van der Waals surface area contributed by atoms with Gasteiger partial charge in [-0.3, -0.25) is 4.79 Å². The average Bonchev–Trinajstić information content (AvgIpc) is 3.08. The van der Waals surface area contributed by atoms with Crippen molar-refractivity contribution in [3.05, 3.63) is 64.7 Å². The van der Waals surface area contributed by atoms with E-state index in [-0.39, 0.29) is 5.91 Å².